The van der Waals surface area contributed by atoms with Crippen LogP contribution in [-0.4, -0.2) is 17.4 Å². The second-order valence-corrected chi connectivity index (χ2v) is 6.89. The highest BCUT2D eigenvalue weighted by molar-refractivity contribution is 6.09. The molecule has 3 heteroatoms. The van der Waals surface area contributed by atoms with Crippen LogP contribution < -0.4 is 4.90 Å². The average Bonchev–Trinajstić information content (AvgIpc) is 3.22. The minimum absolute atomic E-state index is 0.118. The van der Waals surface area contributed by atoms with Crippen molar-refractivity contribution in [2.24, 2.45) is 0 Å². The van der Waals surface area contributed by atoms with Crippen LogP contribution in [0.5, 0.6) is 0 Å². The fourth-order valence-corrected chi connectivity index (χ4v) is 4.24. The molecule has 0 fully saturated rings. The summed E-state index contributed by atoms with van der Waals surface area (Å²) in [6.07, 6.45) is 5.71. The van der Waals surface area contributed by atoms with Crippen LogP contribution >= 0.6 is 0 Å². The summed E-state index contributed by atoms with van der Waals surface area (Å²) in [6, 6.07) is 14.4. The molecule has 0 saturated heterocycles. The van der Waals surface area contributed by atoms with E-state index in [4.69, 9.17) is 0 Å². The number of carbonyl (C=O) groups is 1. The Morgan fingerprint density at radius 1 is 1.00 bits per heavy atom. The Labute approximate surface area is 141 Å². The average molecular weight is 316 g/mol. The molecular formula is C21H20N2O. The number of para-hydroxylation sites is 1. The molecule has 1 aliphatic heterocycles. The minimum atomic E-state index is 0.118. The van der Waals surface area contributed by atoms with Crippen LogP contribution in [0.25, 0.3) is 10.9 Å². The maximum Gasteiger partial charge on any atom is 0.258 e. The van der Waals surface area contributed by atoms with Crippen molar-refractivity contribution in [2.45, 2.75) is 32.1 Å². The fraction of sp³-hybridized carbons (Fsp3) is 0.286. The topological polar surface area (TPSA) is 36.1 Å². The van der Waals surface area contributed by atoms with Gasteiger partial charge in [-0.25, -0.2) is 0 Å². The Morgan fingerprint density at radius 2 is 1.88 bits per heavy atom. The summed E-state index contributed by atoms with van der Waals surface area (Å²) in [5.41, 5.74) is 7.09. The normalized spacial score (nSPS) is 16.2. The summed E-state index contributed by atoms with van der Waals surface area (Å²) in [5, 5.41) is 1.24. The number of hydrogen-bond donors (Lipinski definition) is 1. The number of benzene rings is 2. The van der Waals surface area contributed by atoms with Crippen molar-refractivity contribution in [1.29, 1.82) is 0 Å². The van der Waals surface area contributed by atoms with Crippen LogP contribution in [0.4, 0.5) is 5.69 Å². The first-order chi connectivity index (χ1) is 11.8. The van der Waals surface area contributed by atoms with Gasteiger partial charge in [0.25, 0.3) is 5.91 Å². The lowest BCUT2D eigenvalue weighted by atomic mass is 9.95. The first-order valence-corrected chi connectivity index (χ1v) is 8.84. The molecule has 120 valence electrons. The van der Waals surface area contributed by atoms with Crippen molar-refractivity contribution in [2.75, 3.05) is 11.4 Å². The number of nitrogens with one attached hydrogen (secondary N) is 1. The molecule has 0 saturated carbocycles. The van der Waals surface area contributed by atoms with E-state index in [0.29, 0.717) is 0 Å². The zero-order valence-electron chi connectivity index (χ0n) is 13.6. The van der Waals surface area contributed by atoms with Crippen LogP contribution in [0.1, 0.15) is 40.0 Å². The number of aryl methyl sites for hydroxylation is 2. The Bertz CT molecular complexity index is 954. The number of aromatic amines is 1. The lowest BCUT2D eigenvalue weighted by Gasteiger charge is -2.17. The van der Waals surface area contributed by atoms with Crippen molar-refractivity contribution < 1.29 is 4.79 Å². The highest BCUT2D eigenvalue weighted by atomic mass is 16.2. The van der Waals surface area contributed by atoms with Gasteiger partial charge in [0.2, 0.25) is 0 Å². The van der Waals surface area contributed by atoms with E-state index in [2.05, 4.69) is 29.2 Å². The molecule has 1 amide bonds. The quantitative estimate of drug-likeness (QED) is 0.716. The number of amides is 1. The van der Waals surface area contributed by atoms with Crippen molar-refractivity contribution >= 4 is 22.5 Å². The van der Waals surface area contributed by atoms with Crippen molar-refractivity contribution in [1.82, 2.24) is 4.98 Å². The van der Waals surface area contributed by atoms with Gasteiger partial charge in [-0.2, -0.15) is 0 Å². The van der Waals surface area contributed by atoms with Crippen LogP contribution in [0.2, 0.25) is 0 Å². The van der Waals surface area contributed by atoms with Gasteiger partial charge in [-0.1, -0.05) is 18.2 Å². The number of H-pyrrole nitrogens is 1. The lowest BCUT2D eigenvalue weighted by Crippen LogP contribution is -2.28. The third-order valence-corrected chi connectivity index (χ3v) is 5.48. The van der Waals surface area contributed by atoms with Gasteiger partial charge in [-0.05, 0) is 67.5 Å². The number of aromatic nitrogens is 1. The van der Waals surface area contributed by atoms with Gasteiger partial charge in [0.05, 0.1) is 0 Å². The summed E-state index contributed by atoms with van der Waals surface area (Å²) in [5.74, 6) is 0.118. The minimum Gasteiger partial charge on any atom is -0.358 e. The number of anilines is 1. The monoisotopic (exact) mass is 316 g/mol. The molecule has 0 bridgehead atoms. The second-order valence-electron chi connectivity index (χ2n) is 6.89. The summed E-state index contributed by atoms with van der Waals surface area (Å²) >= 11 is 0. The van der Waals surface area contributed by atoms with Crippen LogP contribution in [0.15, 0.2) is 42.5 Å². The van der Waals surface area contributed by atoms with Gasteiger partial charge < -0.3 is 9.88 Å². The number of nitrogens with zero attached hydrogens (tertiary/aromatic N) is 1. The summed E-state index contributed by atoms with van der Waals surface area (Å²) in [4.78, 5) is 18.5. The van der Waals surface area contributed by atoms with Crippen molar-refractivity contribution in [3.63, 3.8) is 0 Å². The maximum atomic E-state index is 13.1. The smallest absolute Gasteiger partial charge is 0.258 e. The molecule has 1 aliphatic carbocycles. The van der Waals surface area contributed by atoms with Gasteiger partial charge in [0, 0.05) is 34.4 Å². The zero-order chi connectivity index (χ0) is 16.1. The van der Waals surface area contributed by atoms with Crippen molar-refractivity contribution in [3.05, 3.63) is 64.8 Å². The summed E-state index contributed by atoms with van der Waals surface area (Å²) in [6.45, 7) is 0.779. The van der Waals surface area contributed by atoms with Crippen LogP contribution in [-0.2, 0) is 19.3 Å². The predicted molar refractivity (Wildman–Crippen MR) is 96.8 cm³/mol. The van der Waals surface area contributed by atoms with E-state index in [1.165, 1.54) is 40.6 Å². The molecule has 0 unspecified atom stereocenters. The number of rotatable bonds is 1. The Hall–Kier alpha value is -2.55. The number of hydrogen-bond acceptors (Lipinski definition) is 1. The summed E-state index contributed by atoms with van der Waals surface area (Å²) in [7, 11) is 0. The third-order valence-electron chi connectivity index (χ3n) is 5.48. The molecule has 1 aromatic heterocycles. The van der Waals surface area contributed by atoms with Crippen molar-refractivity contribution in [3.8, 4) is 0 Å². The fourth-order valence-electron chi connectivity index (χ4n) is 4.24. The Balaban J connectivity index is 1.56. The molecule has 2 aromatic carbocycles. The number of fused-ring (bicyclic) bond motifs is 4. The van der Waals surface area contributed by atoms with Gasteiger partial charge in [0.1, 0.15) is 0 Å². The molecule has 2 aliphatic rings. The molecule has 0 spiro atoms. The van der Waals surface area contributed by atoms with Crippen LogP contribution in [0.3, 0.4) is 0 Å². The standard InChI is InChI=1S/C21H20N2O/c24-21(23-12-11-14-5-1-4-8-20(14)23)15-9-10-19-17(13-15)16-6-2-3-7-18(16)22-19/h1,4-5,8-10,13,22H,2-3,6-7,11-12H2. The number of carbonyl (C=O) groups excluding carboxylic acids is 1. The first-order valence-electron chi connectivity index (χ1n) is 8.84. The summed E-state index contributed by atoms with van der Waals surface area (Å²) < 4.78 is 0. The molecule has 2 heterocycles. The van der Waals surface area contributed by atoms with Gasteiger partial charge in [-0.3, -0.25) is 4.79 Å². The first kappa shape index (κ1) is 13.8. The molecule has 1 N–H and O–H groups in total. The SMILES string of the molecule is O=C(c1ccc2[nH]c3c(c2c1)CCCC3)N1CCc2ccccc21. The highest BCUT2D eigenvalue weighted by Gasteiger charge is 2.26. The largest absolute Gasteiger partial charge is 0.358 e. The van der Waals surface area contributed by atoms with E-state index in [-0.39, 0.29) is 5.91 Å². The molecule has 24 heavy (non-hydrogen) atoms. The van der Waals surface area contributed by atoms with E-state index >= 15 is 0 Å². The molecule has 3 aromatic rings. The van der Waals surface area contributed by atoms with E-state index in [1.807, 2.05) is 23.1 Å². The van der Waals surface area contributed by atoms with E-state index < -0.39 is 0 Å². The van der Waals surface area contributed by atoms with Gasteiger partial charge in [-0.15, -0.1) is 0 Å². The Morgan fingerprint density at radius 3 is 2.83 bits per heavy atom. The lowest BCUT2D eigenvalue weighted by molar-refractivity contribution is 0.0989. The van der Waals surface area contributed by atoms with E-state index in [9.17, 15) is 4.79 Å². The van der Waals surface area contributed by atoms with Gasteiger partial charge in [0.15, 0.2) is 0 Å². The maximum absolute atomic E-state index is 13.1. The second kappa shape index (κ2) is 5.23. The van der Waals surface area contributed by atoms with E-state index in [0.717, 1.165) is 37.1 Å². The van der Waals surface area contributed by atoms with Crippen LogP contribution in [0, 0.1) is 0 Å². The van der Waals surface area contributed by atoms with Gasteiger partial charge >= 0.3 is 0 Å². The zero-order valence-corrected chi connectivity index (χ0v) is 13.6. The predicted octanol–water partition coefficient (Wildman–Crippen LogP) is 4.25. The molecule has 0 atom stereocenters. The molecule has 0 radical (unpaired) electrons. The molecule has 3 nitrogen and oxygen atoms in total. The van der Waals surface area contributed by atoms with E-state index in [1.54, 1.807) is 0 Å². The highest BCUT2D eigenvalue weighted by Crippen LogP contribution is 2.32. The molecule has 5 rings (SSSR count). The molecular weight excluding hydrogens is 296 g/mol. The third kappa shape index (κ3) is 2.01. The Kier molecular flexibility index (Phi) is 3.02.